The molecule has 0 aliphatic rings. The van der Waals surface area contributed by atoms with E-state index in [-0.39, 0.29) is 23.7 Å². The predicted molar refractivity (Wildman–Crippen MR) is 117 cm³/mol. The third kappa shape index (κ3) is 9.76. The zero-order chi connectivity index (χ0) is 25.0. The molecule has 5 N–H and O–H groups in total. The van der Waals surface area contributed by atoms with Crippen molar-refractivity contribution in [1.82, 2.24) is 26.6 Å². The Balaban J connectivity index is 2.37. The molecule has 0 radical (unpaired) electrons. The second-order valence-corrected chi connectivity index (χ2v) is 7.07. The summed E-state index contributed by atoms with van der Waals surface area (Å²) in [5.41, 5.74) is -0.0464. The molecule has 0 fully saturated rings. The SMILES string of the molecule is CCCNC(=O)[C@H](C)NC(=O)CNC(=O)[C@H](C)NC(=O)CNC(=O)c1ccc([N+](=O)[O-])cc1. The molecule has 33 heavy (non-hydrogen) atoms. The molecule has 5 amide bonds. The number of nitro benzene ring substituents is 1. The predicted octanol–water partition coefficient (Wildman–Crippen LogP) is -1.02. The van der Waals surface area contributed by atoms with Gasteiger partial charge in [0, 0.05) is 24.2 Å². The normalized spacial score (nSPS) is 12.0. The van der Waals surface area contributed by atoms with Crippen molar-refractivity contribution in [3.05, 3.63) is 39.9 Å². The van der Waals surface area contributed by atoms with Crippen LogP contribution in [0.4, 0.5) is 5.69 Å². The first-order chi connectivity index (χ1) is 15.5. The molecule has 0 unspecified atom stereocenters. The van der Waals surface area contributed by atoms with Crippen molar-refractivity contribution in [2.45, 2.75) is 39.3 Å². The minimum Gasteiger partial charge on any atom is -0.354 e. The van der Waals surface area contributed by atoms with E-state index in [2.05, 4.69) is 26.6 Å². The van der Waals surface area contributed by atoms with Gasteiger partial charge in [-0.15, -0.1) is 0 Å². The minimum absolute atomic E-state index is 0.128. The van der Waals surface area contributed by atoms with E-state index in [4.69, 9.17) is 0 Å². The third-order valence-corrected chi connectivity index (χ3v) is 4.26. The summed E-state index contributed by atoms with van der Waals surface area (Å²) in [6.45, 7) is 4.47. The summed E-state index contributed by atoms with van der Waals surface area (Å²) in [6.07, 6.45) is 0.757. The Morgan fingerprint density at radius 2 is 1.33 bits per heavy atom. The highest BCUT2D eigenvalue weighted by molar-refractivity contribution is 5.97. The molecule has 0 saturated carbocycles. The number of nitrogens with one attached hydrogen (secondary N) is 5. The molecule has 0 spiro atoms. The summed E-state index contributed by atoms with van der Waals surface area (Å²) >= 11 is 0. The number of amides is 5. The van der Waals surface area contributed by atoms with Gasteiger partial charge in [-0.1, -0.05) is 6.92 Å². The van der Waals surface area contributed by atoms with Crippen molar-refractivity contribution in [3.63, 3.8) is 0 Å². The van der Waals surface area contributed by atoms with Gasteiger partial charge in [-0.3, -0.25) is 34.1 Å². The van der Waals surface area contributed by atoms with Gasteiger partial charge in [0.1, 0.15) is 12.1 Å². The molecule has 0 aromatic heterocycles. The van der Waals surface area contributed by atoms with Crippen molar-refractivity contribution >= 4 is 35.2 Å². The smallest absolute Gasteiger partial charge is 0.269 e. The van der Waals surface area contributed by atoms with E-state index < -0.39 is 47.2 Å². The lowest BCUT2D eigenvalue weighted by Crippen LogP contribution is -2.51. The quantitative estimate of drug-likeness (QED) is 0.193. The van der Waals surface area contributed by atoms with E-state index in [1.54, 1.807) is 0 Å². The summed E-state index contributed by atoms with van der Waals surface area (Å²) in [5, 5.41) is 22.7. The van der Waals surface area contributed by atoms with E-state index in [1.165, 1.54) is 26.0 Å². The lowest BCUT2D eigenvalue weighted by molar-refractivity contribution is -0.384. The van der Waals surface area contributed by atoms with Crippen molar-refractivity contribution in [3.8, 4) is 0 Å². The molecular formula is C20H28N6O7. The third-order valence-electron chi connectivity index (χ3n) is 4.26. The van der Waals surface area contributed by atoms with E-state index in [9.17, 15) is 34.1 Å². The lowest BCUT2D eigenvalue weighted by Gasteiger charge is -2.16. The number of hydrogen-bond acceptors (Lipinski definition) is 7. The van der Waals surface area contributed by atoms with Gasteiger partial charge in [0.25, 0.3) is 11.6 Å². The fraction of sp³-hybridized carbons (Fsp3) is 0.450. The molecule has 13 heteroatoms. The molecule has 2 atom stereocenters. The number of nitro groups is 1. The monoisotopic (exact) mass is 464 g/mol. The number of rotatable bonds is 12. The Kier molecular flexibility index (Phi) is 11.0. The number of nitrogens with zero attached hydrogens (tertiary/aromatic N) is 1. The number of carbonyl (C=O) groups excluding carboxylic acids is 5. The first kappa shape index (κ1) is 27.0. The molecular weight excluding hydrogens is 436 g/mol. The summed E-state index contributed by atoms with van der Waals surface area (Å²) in [5.74, 6) is -2.82. The maximum absolute atomic E-state index is 12.1. The number of non-ortho nitro benzene ring substituents is 1. The van der Waals surface area contributed by atoms with Gasteiger partial charge >= 0.3 is 0 Å². The minimum atomic E-state index is -0.994. The highest BCUT2D eigenvalue weighted by Crippen LogP contribution is 2.11. The van der Waals surface area contributed by atoms with E-state index in [0.717, 1.165) is 18.6 Å². The summed E-state index contributed by atoms with van der Waals surface area (Å²) in [4.78, 5) is 69.7. The first-order valence-electron chi connectivity index (χ1n) is 10.2. The Hall–Kier alpha value is -4.03. The molecule has 13 nitrogen and oxygen atoms in total. The summed E-state index contributed by atoms with van der Waals surface area (Å²) in [7, 11) is 0. The summed E-state index contributed by atoms with van der Waals surface area (Å²) < 4.78 is 0. The molecule has 1 rings (SSSR count). The van der Waals surface area contributed by atoms with Crippen molar-refractivity contribution in [2.24, 2.45) is 0 Å². The van der Waals surface area contributed by atoms with Crippen LogP contribution < -0.4 is 26.6 Å². The van der Waals surface area contributed by atoms with E-state index in [0.29, 0.717) is 6.54 Å². The first-order valence-corrected chi connectivity index (χ1v) is 10.2. The highest BCUT2D eigenvalue weighted by atomic mass is 16.6. The Morgan fingerprint density at radius 3 is 1.82 bits per heavy atom. The highest BCUT2D eigenvalue weighted by Gasteiger charge is 2.19. The van der Waals surface area contributed by atoms with Crippen LogP contribution in [0.2, 0.25) is 0 Å². The average molecular weight is 464 g/mol. The topological polar surface area (TPSA) is 189 Å². The van der Waals surface area contributed by atoms with Crippen molar-refractivity contribution in [1.29, 1.82) is 0 Å². The lowest BCUT2D eigenvalue weighted by atomic mass is 10.2. The Bertz CT molecular complexity index is 887. The second-order valence-electron chi connectivity index (χ2n) is 7.07. The van der Waals surface area contributed by atoms with E-state index in [1.807, 2.05) is 6.92 Å². The van der Waals surface area contributed by atoms with Gasteiger partial charge in [0.05, 0.1) is 18.0 Å². The Labute approximate surface area is 190 Å². The van der Waals surface area contributed by atoms with Crippen LogP contribution in [0.15, 0.2) is 24.3 Å². The van der Waals surface area contributed by atoms with Crippen LogP contribution in [-0.4, -0.2) is 66.2 Å². The molecule has 180 valence electrons. The number of benzene rings is 1. The van der Waals surface area contributed by atoms with Gasteiger partial charge < -0.3 is 26.6 Å². The van der Waals surface area contributed by atoms with Crippen LogP contribution in [0.5, 0.6) is 0 Å². The van der Waals surface area contributed by atoms with Gasteiger partial charge in [0.2, 0.25) is 23.6 Å². The maximum Gasteiger partial charge on any atom is 0.269 e. The fourth-order valence-electron chi connectivity index (χ4n) is 2.44. The molecule has 1 aromatic rings. The fourth-order valence-corrected chi connectivity index (χ4v) is 2.44. The van der Waals surface area contributed by atoms with Gasteiger partial charge in [0.15, 0.2) is 0 Å². The van der Waals surface area contributed by atoms with E-state index >= 15 is 0 Å². The molecule has 0 heterocycles. The molecule has 0 aliphatic heterocycles. The molecule has 0 bridgehead atoms. The van der Waals surface area contributed by atoms with Crippen molar-refractivity contribution in [2.75, 3.05) is 19.6 Å². The molecule has 0 saturated heterocycles. The van der Waals surface area contributed by atoms with Crippen LogP contribution in [0.3, 0.4) is 0 Å². The van der Waals surface area contributed by atoms with Gasteiger partial charge in [-0.25, -0.2) is 0 Å². The van der Waals surface area contributed by atoms with Gasteiger partial charge in [-0.05, 0) is 32.4 Å². The van der Waals surface area contributed by atoms with Crippen LogP contribution in [-0.2, 0) is 19.2 Å². The zero-order valence-corrected chi connectivity index (χ0v) is 18.6. The molecule has 0 aliphatic carbocycles. The largest absolute Gasteiger partial charge is 0.354 e. The summed E-state index contributed by atoms with van der Waals surface area (Å²) in [6, 6.07) is 3.07. The van der Waals surface area contributed by atoms with Crippen LogP contribution in [0, 0.1) is 10.1 Å². The van der Waals surface area contributed by atoms with Crippen LogP contribution >= 0.6 is 0 Å². The zero-order valence-electron chi connectivity index (χ0n) is 18.6. The average Bonchev–Trinajstić information content (AvgIpc) is 2.79. The number of carbonyl (C=O) groups is 5. The van der Waals surface area contributed by atoms with Crippen molar-refractivity contribution < 1.29 is 28.9 Å². The standard InChI is InChI=1S/C20H28N6O7/c1-4-9-21-18(29)12(2)24-16(27)10-22-19(30)13(3)25-17(28)11-23-20(31)14-5-7-15(8-6-14)26(32)33/h5-8,12-13H,4,9-11H2,1-3H3,(H,21,29)(H,22,30)(H,23,31)(H,24,27)(H,25,28)/t12-,13-/m0/s1. The van der Waals surface area contributed by atoms with Crippen LogP contribution in [0.25, 0.3) is 0 Å². The number of hydrogen-bond donors (Lipinski definition) is 5. The maximum atomic E-state index is 12.1. The Morgan fingerprint density at radius 1 is 0.848 bits per heavy atom. The second kappa shape index (κ2) is 13.4. The van der Waals surface area contributed by atoms with Gasteiger partial charge in [-0.2, -0.15) is 0 Å². The molecule has 1 aromatic carbocycles. The van der Waals surface area contributed by atoms with Crippen LogP contribution in [0.1, 0.15) is 37.6 Å².